The van der Waals surface area contributed by atoms with Crippen LogP contribution in [0.1, 0.15) is 23.0 Å². The van der Waals surface area contributed by atoms with Crippen LogP contribution < -0.4 is 15.9 Å². The molecule has 0 atom stereocenters. The number of nitrogen functional groups attached to an aromatic ring is 1. The molecular formula is C21H20N8O3. The number of nitrogens with two attached hydrogens (primary N) is 1. The van der Waals surface area contributed by atoms with E-state index in [1.807, 2.05) is 61.5 Å². The summed E-state index contributed by atoms with van der Waals surface area (Å²) < 4.78 is 11.6. The summed E-state index contributed by atoms with van der Waals surface area (Å²) in [6.07, 6.45) is 0. The van der Waals surface area contributed by atoms with E-state index in [1.54, 1.807) is 6.92 Å². The Morgan fingerprint density at radius 1 is 1.16 bits per heavy atom. The number of rotatable bonds is 7. The molecule has 11 heteroatoms. The van der Waals surface area contributed by atoms with Gasteiger partial charge < -0.3 is 10.5 Å². The van der Waals surface area contributed by atoms with Gasteiger partial charge in [-0.1, -0.05) is 53.2 Å². The Balaban J connectivity index is 1.58. The van der Waals surface area contributed by atoms with Crippen molar-refractivity contribution in [3.63, 3.8) is 0 Å². The van der Waals surface area contributed by atoms with E-state index in [4.69, 9.17) is 10.5 Å². The van der Waals surface area contributed by atoms with E-state index < -0.39 is 5.91 Å². The Hall–Kier alpha value is -4.54. The van der Waals surface area contributed by atoms with Crippen molar-refractivity contribution in [1.82, 2.24) is 30.7 Å². The van der Waals surface area contributed by atoms with Crippen LogP contribution in [-0.4, -0.2) is 43.5 Å². The molecule has 0 radical (unpaired) electrons. The molecule has 1 amide bonds. The molecule has 4 rings (SSSR count). The number of nitrogens with one attached hydrogen (secondary N) is 1. The Morgan fingerprint density at radius 3 is 2.59 bits per heavy atom. The molecule has 0 saturated carbocycles. The summed E-state index contributed by atoms with van der Waals surface area (Å²) >= 11 is 0. The zero-order valence-corrected chi connectivity index (χ0v) is 17.4. The third-order valence-electron chi connectivity index (χ3n) is 4.45. The number of aryl methyl sites for hydroxylation is 1. The van der Waals surface area contributed by atoms with Gasteiger partial charge in [0.1, 0.15) is 18.1 Å². The smallest absolute Gasteiger partial charge is 0.294 e. The van der Waals surface area contributed by atoms with Crippen LogP contribution >= 0.6 is 0 Å². The second-order valence-corrected chi connectivity index (χ2v) is 6.93. The summed E-state index contributed by atoms with van der Waals surface area (Å²) in [5.74, 6) is 0.294. The maximum atomic E-state index is 12.9. The van der Waals surface area contributed by atoms with E-state index in [2.05, 4.69) is 35.8 Å². The zero-order valence-electron chi connectivity index (χ0n) is 17.4. The van der Waals surface area contributed by atoms with E-state index in [0.29, 0.717) is 22.7 Å². The molecule has 2 aromatic heterocycles. The molecule has 11 nitrogen and oxygen atoms in total. The minimum atomic E-state index is -0.555. The van der Waals surface area contributed by atoms with Crippen LogP contribution in [0.3, 0.4) is 0 Å². The predicted octanol–water partition coefficient (Wildman–Crippen LogP) is 2.39. The van der Waals surface area contributed by atoms with Crippen molar-refractivity contribution in [2.24, 2.45) is 5.10 Å². The fourth-order valence-electron chi connectivity index (χ4n) is 2.83. The largest absolute Gasteiger partial charge is 0.488 e. The van der Waals surface area contributed by atoms with Crippen LogP contribution in [0.2, 0.25) is 0 Å². The highest BCUT2D eigenvalue weighted by Crippen LogP contribution is 2.26. The van der Waals surface area contributed by atoms with Crippen molar-refractivity contribution < 1.29 is 14.2 Å². The molecule has 0 unspecified atom stereocenters. The van der Waals surface area contributed by atoms with Gasteiger partial charge in [-0.3, -0.25) is 4.79 Å². The lowest BCUT2D eigenvalue weighted by Gasteiger charge is -2.07. The summed E-state index contributed by atoms with van der Waals surface area (Å²) in [6, 6.07) is 16.8. The number of anilines is 1. The lowest BCUT2D eigenvalue weighted by molar-refractivity contribution is 0.0950. The third kappa shape index (κ3) is 4.46. The van der Waals surface area contributed by atoms with Crippen molar-refractivity contribution in [3.8, 4) is 22.8 Å². The number of nitrogens with zero attached hydrogens (tertiary/aromatic N) is 6. The minimum Gasteiger partial charge on any atom is -0.488 e. The Morgan fingerprint density at radius 2 is 1.91 bits per heavy atom. The Kier molecular flexibility index (Phi) is 5.88. The van der Waals surface area contributed by atoms with Crippen LogP contribution in [0.25, 0.3) is 17.1 Å². The first kappa shape index (κ1) is 20.7. The van der Waals surface area contributed by atoms with E-state index in [1.165, 1.54) is 4.68 Å². The molecule has 4 aromatic rings. The fourth-order valence-corrected chi connectivity index (χ4v) is 2.83. The lowest BCUT2D eigenvalue weighted by Crippen LogP contribution is -2.22. The highest BCUT2D eigenvalue weighted by Gasteiger charge is 2.25. The first-order valence-corrected chi connectivity index (χ1v) is 9.65. The second-order valence-electron chi connectivity index (χ2n) is 6.93. The van der Waals surface area contributed by atoms with Crippen LogP contribution in [0.4, 0.5) is 5.82 Å². The number of carbonyl (C=O) groups is 1. The van der Waals surface area contributed by atoms with Crippen molar-refractivity contribution in [2.45, 2.75) is 13.8 Å². The van der Waals surface area contributed by atoms with Gasteiger partial charge >= 0.3 is 0 Å². The van der Waals surface area contributed by atoms with Gasteiger partial charge in [0.25, 0.3) is 5.91 Å². The Bertz CT molecular complexity index is 1250. The number of amides is 1. The molecule has 0 fully saturated rings. The molecule has 0 aliphatic carbocycles. The number of aromatic nitrogens is 5. The van der Waals surface area contributed by atoms with Gasteiger partial charge in [-0.2, -0.15) is 9.78 Å². The number of ether oxygens (including phenoxy) is 1. The SMILES string of the molecule is C/C(COc1ccccc1)=N\NC(=O)c1nnn(-c2nonc2N)c1-c1ccc(C)cc1. The van der Waals surface area contributed by atoms with Crippen LogP contribution in [0.15, 0.2) is 64.3 Å². The fraction of sp³-hybridized carbons (Fsp3) is 0.143. The van der Waals surface area contributed by atoms with Crippen molar-refractivity contribution in [3.05, 3.63) is 65.9 Å². The molecule has 2 heterocycles. The maximum Gasteiger partial charge on any atom is 0.294 e. The monoisotopic (exact) mass is 432 g/mol. The number of hydrogen-bond donors (Lipinski definition) is 2. The molecule has 0 aliphatic heterocycles. The molecule has 0 aliphatic rings. The Labute approximate surface area is 182 Å². The van der Waals surface area contributed by atoms with Crippen LogP contribution in [0.5, 0.6) is 5.75 Å². The molecule has 32 heavy (non-hydrogen) atoms. The highest BCUT2D eigenvalue weighted by atomic mass is 16.6. The van der Waals surface area contributed by atoms with Gasteiger partial charge in [0.15, 0.2) is 5.69 Å². The number of carbonyl (C=O) groups excluding carboxylic acids is 1. The van der Waals surface area contributed by atoms with Crippen molar-refractivity contribution in [2.75, 3.05) is 12.3 Å². The quantitative estimate of drug-likeness (QED) is 0.334. The average Bonchev–Trinajstić information content (AvgIpc) is 3.43. The third-order valence-corrected chi connectivity index (χ3v) is 4.45. The maximum absolute atomic E-state index is 12.9. The normalized spacial score (nSPS) is 11.4. The molecule has 162 valence electrons. The molecule has 0 saturated heterocycles. The van der Waals surface area contributed by atoms with E-state index in [9.17, 15) is 4.79 Å². The predicted molar refractivity (Wildman–Crippen MR) is 116 cm³/mol. The number of benzene rings is 2. The standard InChI is InChI=1S/C21H20N8O3/c1-13-8-10-15(11-9-13)18-17(24-28-29(18)20-19(22)26-32-27-20)21(30)25-23-14(2)12-31-16-6-4-3-5-7-16/h3-11H,12H2,1-2H3,(H2,22,26)(H,25,30)/b23-14+. The van der Waals surface area contributed by atoms with E-state index in [0.717, 1.165) is 5.56 Å². The minimum absolute atomic E-state index is 0.0159. The lowest BCUT2D eigenvalue weighted by atomic mass is 10.1. The zero-order chi connectivity index (χ0) is 22.5. The van der Waals surface area contributed by atoms with E-state index in [-0.39, 0.29) is 23.9 Å². The van der Waals surface area contributed by atoms with Gasteiger partial charge in [0, 0.05) is 5.56 Å². The van der Waals surface area contributed by atoms with Gasteiger partial charge in [-0.05, 0) is 36.3 Å². The summed E-state index contributed by atoms with van der Waals surface area (Å²) in [7, 11) is 0. The van der Waals surface area contributed by atoms with Crippen LogP contribution in [0, 0.1) is 6.92 Å². The first-order chi connectivity index (χ1) is 15.5. The van der Waals surface area contributed by atoms with Crippen molar-refractivity contribution >= 4 is 17.4 Å². The molecule has 0 bridgehead atoms. The number of hydrogen-bond acceptors (Lipinski definition) is 9. The second kappa shape index (κ2) is 9.08. The molecular weight excluding hydrogens is 412 g/mol. The topological polar surface area (TPSA) is 146 Å². The van der Waals surface area contributed by atoms with E-state index >= 15 is 0 Å². The van der Waals surface area contributed by atoms with Gasteiger partial charge in [0.05, 0.1) is 5.71 Å². The summed E-state index contributed by atoms with van der Waals surface area (Å²) in [6.45, 7) is 3.91. The van der Waals surface area contributed by atoms with Crippen LogP contribution in [-0.2, 0) is 0 Å². The summed E-state index contributed by atoms with van der Waals surface area (Å²) in [5.41, 5.74) is 11.0. The van der Waals surface area contributed by atoms with Crippen molar-refractivity contribution in [1.29, 1.82) is 0 Å². The van der Waals surface area contributed by atoms with Gasteiger partial charge in [-0.15, -0.1) is 5.10 Å². The number of para-hydroxylation sites is 1. The average molecular weight is 432 g/mol. The molecule has 2 aromatic carbocycles. The summed E-state index contributed by atoms with van der Waals surface area (Å²) in [4.78, 5) is 12.9. The molecule has 3 N–H and O–H groups in total. The molecule has 0 spiro atoms. The van der Waals surface area contributed by atoms with Gasteiger partial charge in [0.2, 0.25) is 11.6 Å². The first-order valence-electron chi connectivity index (χ1n) is 9.65. The number of hydrazone groups is 1. The van der Waals surface area contributed by atoms with Gasteiger partial charge in [-0.25, -0.2) is 10.1 Å². The highest BCUT2D eigenvalue weighted by molar-refractivity contribution is 5.99. The summed E-state index contributed by atoms with van der Waals surface area (Å²) in [5, 5.41) is 19.5.